The predicted octanol–water partition coefficient (Wildman–Crippen LogP) is 1.70. The van der Waals surface area contributed by atoms with Crippen molar-refractivity contribution in [2.45, 2.75) is 19.5 Å². The second-order valence-corrected chi connectivity index (χ2v) is 5.93. The normalized spacial score (nSPS) is 16.0. The Morgan fingerprint density at radius 1 is 1.35 bits per heavy atom. The highest BCUT2D eigenvalue weighted by atomic mass is 16.5. The highest BCUT2D eigenvalue weighted by Gasteiger charge is 2.13. The molecule has 0 bridgehead atoms. The van der Waals surface area contributed by atoms with E-state index < -0.39 is 0 Å². The van der Waals surface area contributed by atoms with E-state index in [1.165, 1.54) is 5.69 Å². The molecule has 0 saturated carbocycles. The number of hydrogen-bond acceptors (Lipinski definition) is 4. The Kier molecular flexibility index (Phi) is 6.67. The lowest BCUT2D eigenvalue weighted by Crippen LogP contribution is -2.43. The van der Waals surface area contributed by atoms with E-state index in [2.05, 4.69) is 34.5 Å². The van der Waals surface area contributed by atoms with E-state index in [0.29, 0.717) is 13.2 Å². The van der Waals surface area contributed by atoms with Crippen LogP contribution in [0.5, 0.6) is 0 Å². The molecular formula is C17H27N3O3. The number of methoxy groups -OCH3 is 1. The van der Waals surface area contributed by atoms with Crippen LogP contribution in [0.1, 0.15) is 12.5 Å². The Labute approximate surface area is 138 Å². The average Bonchev–Trinajstić information content (AvgIpc) is 2.56. The molecule has 1 aromatic rings. The third kappa shape index (κ3) is 5.41. The highest BCUT2D eigenvalue weighted by Crippen LogP contribution is 2.17. The number of amides is 2. The molecule has 6 nitrogen and oxygen atoms in total. The summed E-state index contributed by atoms with van der Waals surface area (Å²) in [6, 6.07) is 8.28. The van der Waals surface area contributed by atoms with Crippen LogP contribution in [0.4, 0.5) is 10.5 Å². The fourth-order valence-electron chi connectivity index (χ4n) is 2.59. The summed E-state index contributed by atoms with van der Waals surface area (Å²) < 4.78 is 10.4. The first kappa shape index (κ1) is 17.6. The van der Waals surface area contributed by atoms with Gasteiger partial charge in [-0.25, -0.2) is 4.79 Å². The zero-order chi connectivity index (χ0) is 16.7. The molecular weight excluding hydrogens is 294 g/mol. The number of morpholine rings is 1. The van der Waals surface area contributed by atoms with E-state index in [9.17, 15) is 4.79 Å². The summed E-state index contributed by atoms with van der Waals surface area (Å²) in [6.07, 6.45) is 0. The molecule has 0 radical (unpaired) electrons. The molecule has 0 spiro atoms. The molecule has 6 heteroatoms. The van der Waals surface area contributed by atoms with Gasteiger partial charge in [-0.2, -0.15) is 0 Å². The van der Waals surface area contributed by atoms with Gasteiger partial charge in [-0.05, 0) is 24.6 Å². The maximum absolute atomic E-state index is 12.1. The summed E-state index contributed by atoms with van der Waals surface area (Å²) in [4.78, 5) is 16.1. The lowest BCUT2D eigenvalue weighted by Gasteiger charge is -2.29. The van der Waals surface area contributed by atoms with E-state index >= 15 is 0 Å². The summed E-state index contributed by atoms with van der Waals surface area (Å²) in [7, 11) is 3.42. The van der Waals surface area contributed by atoms with Gasteiger partial charge in [0.2, 0.25) is 0 Å². The maximum Gasteiger partial charge on any atom is 0.317 e. The Hall–Kier alpha value is -1.79. The van der Waals surface area contributed by atoms with Crippen molar-refractivity contribution < 1.29 is 14.3 Å². The molecule has 1 N–H and O–H groups in total. The molecule has 1 aromatic carbocycles. The van der Waals surface area contributed by atoms with Gasteiger partial charge in [0.25, 0.3) is 0 Å². The Morgan fingerprint density at radius 3 is 2.61 bits per heavy atom. The summed E-state index contributed by atoms with van der Waals surface area (Å²) in [5, 5.41) is 2.90. The number of hydrogen-bond donors (Lipinski definition) is 1. The third-order valence-electron chi connectivity index (χ3n) is 3.87. The van der Waals surface area contributed by atoms with Gasteiger partial charge < -0.3 is 24.6 Å². The largest absolute Gasteiger partial charge is 0.383 e. The molecule has 1 saturated heterocycles. The summed E-state index contributed by atoms with van der Waals surface area (Å²) in [5.74, 6) is 0. The summed E-state index contributed by atoms with van der Waals surface area (Å²) in [5.41, 5.74) is 2.32. The standard InChI is InChI=1S/C17H27N3O3/c1-14(13-22-3)18-17(21)19(2)12-15-4-6-16(7-5-15)20-8-10-23-11-9-20/h4-7,14H,8-13H2,1-3H3,(H,18,21). The van der Waals surface area contributed by atoms with Crippen LogP contribution < -0.4 is 10.2 Å². The van der Waals surface area contributed by atoms with Crippen molar-refractivity contribution in [2.24, 2.45) is 0 Å². The lowest BCUT2D eigenvalue weighted by atomic mass is 10.2. The van der Waals surface area contributed by atoms with Crippen molar-refractivity contribution in [3.8, 4) is 0 Å². The number of nitrogens with one attached hydrogen (secondary N) is 1. The van der Waals surface area contributed by atoms with Crippen molar-refractivity contribution in [1.29, 1.82) is 0 Å². The van der Waals surface area contributed by atoms with Gasteiger partial charge in [0.1, 0.15) is 0 Å². The SMILES string of the molecule is COCC(C)NC(=O)N(C)Cc1ccc(N2CCOCC2)cc1. The van der Waals surface area contributed by atoms with Crippen LogP contribution in [0.15, 0.2) is 24.3 Å². The maximum atomic E-state index is 12.1. The summed E-state index contributed by atoms with van der Waals surface area (Å²) >= 11 is 0. The molecule has 1 unspecified atom stereocenters. The van der Waals surface area contributed by atoms with E-state index in [1.54, 1.807) is 19.1 Å². The third-order valence-corrected chi connectivity index (χ3v) is 3.87. The monoisotopic (exact) mass is 321 g/mol. The van der Waals surface area contributed by atoms with Crippen molar-refractivity contribution >= 4 is 11.7 Å². The number of anilines is 1. The zero-order valence-corrected chi connectivity index (χ0v) is 14.2. The molecule has 23 heavy (non-hydrogen) atoms. The number of ether oxygens (including phenoxy) is 2. The van der Waals surface area contributed by atoms with E-state index in [-0.39, 0.29) is 12.1 Å². The Bertz CT molecular complexity index is 486. The van der Waals surface area contributed by atoms with Gasteiger partial charge in [-0.15, -0.1) is 0 Å². The van der Waals surface area contributed by atoms with Crippen LogP contribution in [0.3, 0.4) is 0 Å². The zero-order valence-electron chi connectivity index (χ0n) is 14.2. The topological polar surface area (TPSA) is 54.0 Å². The minimum Gasteiger partial charge on any atom is -0.383 e. The van der Waals surface area contributed by atoms with Crippen molar-refractivity contribution in [3.05, 3.63) is 29.8 Å². The van der Waals surface area contributed by atoms with Crippen molar-refractivity contribution in [3.63, 3.8) is 0 Å². The second-order valence-electron chi connectivity index (χ2n) is 5.93. The quantitative estimate of drug-likeness (QED) is 0.866. The first-order chi connectivity index (χ1) is 11.1. The van der Waals surface area contributed by atoms with Gasteiger partial charge in [0.15, 0.2) is 0 Å². The van der Waals surface area contributed by atoms with Crippen LogP contribution in [0.2, 0.25) is 0 Å². The van der Waals surface area contributed by atoms with Crippen LogP contribution in [-0.4, -0.2) is 64.0 Å². The molecule has 128 valence electrons. The second kappa shape index (κ2) is 8.74. The number of rotatable bonds is 6. The minimum atomic E-state index is -0.0909. The van der Waals surface area contributed by atoms with Gasteiger partial charge in [0, 0.05) is 39.5 Å². The predicted molar refractivity (Wildman–Crippen MR) is 90.8 cm³/mol. The Balaban J connectivity index is 1.85. The van der Waals surface area contributed by atoms with Crippen LogP contribution >= 0.6 is 0 Å². The van der Waals surface area contributed by atoms with Gasteiger partial charge in [-0.3, -0.25) is 0 Å². The summed E-state index contributed by atoms with van der Waals surface area (Å²) in [6.45, 7) is 6.43. The highest BCUT2D eigenvalue weighted by molar-refractivity contribution is 5.74. The van der Waals surface area contributed by atoms with E-state index in [0.717, 1.165) is 31.9 Å². The molecule has 0 aliphatic carbocycles. The van der Waals surface area contributed by atoms with Crippen LogP contribution in [0.25, 0.3) is 0 Å². The van der Waals surface area contributed by atoms with Crippen molar-refractivity contribution in [1.82, 2.24) is 10.2 Å². The molecule has 1 aliphatic heterocycles. The number of carbonyl (C=O) groups excluding carboxylic acids is 1. The molecule has 1 atom stereocenters. The molecule has 1 heterocycles. The fourth-order valence-corrected chi connectivity index (χ4v) is 2.59. The van der Waals surface area contributed by atoms with E-state index in [4.69, 9.17) is 9.47 Å². The van der Waals surface area contributed by atoms with Crippen molar-refractivity contribution in [2.75, 3.05) is 52.0 Å². The number of carbonyl (C=O) groups is 1. The molecule has 2 amide bonds. The van der Waals surface area contributed by atoms with Gasteiger partial charge in [0.05, 0.1) is 25.9 Å². The first-order valence-electron chi connectivity index (χ1n) is 8.02. The first-order valence-corrected chi connectivity index (χ1v) is 8.02. The van der Waals surface area contributed by atoms with Crippen LogP contribution in [-0.2, 0) is 16.0 Å². The average molecular weight is 321 g/mol. The van der Waals surface area contributed by atoms with E-state index in [1.807, 2.05) is 6.92 Å². The minimum absolute atomic E-state index is 0.00125. The number of urea groups is 1. The van der Waals surface area contributed by atoms with Crippen LogP contribution in [0, 0.1) is 0 Å². The smallest absolute Gasteiger partial charge is 0.317 e. The molecule has 2 rings (SSSR count). The number of benzene rings is 1. The molecule has 1 fully saturated rings. The molecule has 1 aliphatic rings. The molecule has 0 aromatic heterocycles. The van der Waals surface area contributed by atoms with Gasteiger partial charge >= 0.3 is 6.03 Å². The number of nitrogens with zero attached hydrogens (tertiary/aromatic N) is 2. The lowest BCUT2D eigenvalue weighted by molar-refractivity contribution is 0.122. The van der Waals surface area contributed by atoms with Gasteiger partial charge in [-0.1, -0.05) is 12.1 Å². The fraction of sp³-hybridized carbons (Fsp3) is 0.588. The Morgan fingerprint density at radius 2 is 2.00 bits per heavy atom.